The Morgan fingerprint density at radius 2 is 1.81 bits per heavy atom. The molecule has 2 heterocycles. The number of carbonyl (C=O) groups excluding carboxylic acids is 1. The van der Waals surface area contributed by atoms with Crippen molar-refractivity contribution in [2.75, 3.05) is 13.2 Å². The molecule has 1 saturated carbocycles. The van der Waals surface area contributed by atoms with E-state index >= 15 is 0 Å². The Morgan fingerprint density at radius 1 is 1.15 bits per heavy atom. The molecule has 0 unspecified atom stereocenters. The minimum atomic E-state index is -0.152. The number of halogens is 1. The summed E-state index contributed by atoms with van der Waals surface area (Å²) < 4.78 is 11.2. The minimum Gasteiger partial charge on any atom is -0.486 e. The number of fused-ring (bicyclic) bond motifs is 2. The van der Waals surface area contributed by atoms with Gasteiger partial charge in [-0.25, -0.2) is 0 Å². The number of amides is 1. The number of nitrogens with zero attached hydrogens (tertiary/aromatic N) is 1. The van der Waals surface area contributed by atoms with Crippen LogP contribution in [0.5, 0.6) is 11.5 Å². The number of benzene rings is 1. The number of ether oxygens (including phenoxy) is 2. The number of carbonyl (C=O) groups is 1. The summed E-state index contributed by atoms with van der Waals surface area (Å²) in [5, 5.41) is 0.888. The van der Waals surface area contributed by atoms with Gasteiger partial charge >= 0.3 is 0 Å². The van der Waals surface area contributed by atoms with E-state index in [1.54, 1.807) is 6.07 Å². The first-order valence-electron chi connectivity index (χ1n) is 9.40. The number of aromatic amines is 1. The molecule has 0 atom stereocenters. The molecule has 146 valence electrons. The highest BCUT2D eigenvalue weighted by atomic mass is 35.5. The molecule has 0 bridgehead atoms. The van der Waals surface area contributed by atoms with Crippen LogP contribution in [0.15, 0.2) is 23.0 Å². The quantitative estimate of drug-likeness (QED) is 0.865. The van der Waals surface area contributed by atoms with E-state index in [2.05, 4.69) is 4.98 Å². The van der Waals surface area contributed by atoms with Crippen LogP contribution in [-0.4, -0.2) is 35.0 Å². The van der Waals surface area contributed by atoms with Crippen LogP contribution in [0.4, 0.5) is 0 Å². The number of hydrogen-bond acceptors (Lipinski definition) is 4. The van der Waals surface area contributed by atoms with Crippen molar-refractivity contribution in [2.45, 2.75) is 51.6 Å². The zero-order valence-corrected chi connectivity index (χ0v) is 16.3. The van der Waals surface area contributed by atoms with E-state index in [-0.39, 0.29) is 29.9 Å². The van der Waals surface area contributed by atoms with E-state index in [1.807, 2.05) is 24.0 Å². The van der Waals surface area contributed by atoms with Gasteiger partial charge < -0.3 is 19.4 Å². The second kappa shape index (κ2) is 8.21. The van der Waals surface area contributed by atoms with Gasteiger partial charge in [0.1, 0.15) is 13.2 Å². The van der Waals surface area contributed by atoms with Gasteiger partial charge in [0, 0.05) is 29.5 Å². The molecular formula is C20H25ClN2O4. The third-order valence-corrected chi connectivity index (χ3v) is 5.31. The lowest BCUT2D eigenvalue weighted by Gasteiger charge is -2.28. The van der Waals surface area contributed by atoms with Crippen LogP contribution in [0.2, 0.25) is 0 Å². The Morgan fingerprint density at radius 3 is 2.48 bits per heavy atom. The van der Waals surface area contributed by atoms with Gasteiger partial charge in [0.25, 0.3) is 5.56 Å². The number of hydrogen-bond donors (Lipinski definition) is 1. The summed E-state index contributed by atoms with van der Waals surface area (Å²) in [6.07, 6.45) is 4.80. The summed E-state index contributed by atoms with van der Waals surface area (Å²) >= 11 is 0. The molecule has 6 nitrogen and oxygen atoms in total. The van der Waals surface area contributed by atoms with E-state index in [0.29, 0.717) is 43.2 Å². The maximum Gasteiger partial charge on any atom is 0.253 e. The fraction of sp³-hybridized carbons (Fsp3) is 0.500. The van der Waals surface area contributed by atoms with E-state index in [0.717, 1.165) is 36.6 Å². The minimum absolute atomic E-state index is 0. The largest absolute Gasteiger partial charge is 0.486 e. The maximum atomic E-state index is 12.6. The van der Waals surface area contributed by atoms with Gasteiger partial charge in [0.2, 0.25) is 5.91 Å². The molecule has 1 aromatic heterocycles. The molecule has 1 aliphatic carbocycles. The predicted octanol–water partition coefficient (Wildman–Crippen LogP) is 3.40. The van der Waals surface area contributed by atoms with Gasteiger partial charge in [-0.15, -0.1) is 12.4 Å². The third-order valence-electron chi connectivity index (χ3n) is 5.31. The van der Waals surface area contributed by atoms with Crippen LogP contribution in [0, 0.1) is 0 Å². The Bertz CT molecular complexity index is 889. The van der Waals surface area contributed by atoms with Crippen LogP contribution in [0.1, 0.15) is 44.6 Å². The lowest BCUT2D eigenvalue weighted by Crippen LogP contribution is -2.39. The molecule has 1 N–H and O–H groups in total. The van der Waals surface area contributed by atoms with Gasteiger partial charge in [0.05, 0.1) is 12.1 Å². The number of H-pyrrole nitrogens is 1. The summed E-state index contributed by atoms with van der Waals surface area (Å²) in [6, 6.07) is 5.82. The van der Waals surface area contributed by atoms with Crippen LogP contribution in [0.25, 0.3) is 10.9 Å². The maximum absolute atomic E-state index is 12.6. The smallest absolute Gasteiger partial charge is 0.253 e. The molecule has 0 saturated heterocycles. The number of rotatable bonds is 4. The summed E-state index contributed by atoms with van der Waals surface area (Å²) in [5.41, 5.74) is 1.18. The molecule has 1 amide bonds. The fourth-order valence-electron chi connectivity index (χ4n) is 3.93. The number of pyridine rings is 1. The van der Waals surface area contributed by atoms with Crippen LogP contribution in [-0.2, 0) is 11.3 Å². The van der Waals surface area contributed by atoms with Crippen molar-refractivity contribution in [3.63, 3.8) is 0 Å². The highest BCUT2D eigenvalue weighted by Crippen LogP contribution is 2.34. The predicted molar refractivity (Wildman–Crippen MR) is 106 cm³/mol. The van der Waals surface area contributed by atoms with E-state index in [1.165, 1.54) is 0 Å². The van der Waals surface area contributed by atoms with E-state index in [4.69, 9.17) is 9.47 Å². The molecule has 0 spiro atoms. The summed E-state index contributed by atoms with van der Waals surface area (Å²) in [6.45, 7) is 3.26. The van der Waals surface area contributed by atoms with Gasteiger partial charge in [-0.3, -0.25) is 9.59 Å². The van der Waals surface area contributed by atoms with Gasteiger partial charge in [-0.2, -0.15) is 0 Å². The first-order valence-corrected chi connectivity index (χ1v) is 9.40. The van der Waals surface area contributed by atoms with Crippen LogP contribution < -0.4 is 15.0 Å². The molecule has 1 aromatic carbocycles. The first-order chi connectivity index (χ1) is 12.7. The van der Waals surface area contributed by atoms with Crippen molar-refractivity contribution in [3.05, 3.63) is 34.1 Å². The average molecular weight is 393 g/mol. The second-order valence-electron chi connectivity index (χ2n) is 7.02. The lowest BCUT2D eigenvalue weighted by molar-refractivity contribution is -0.133. The first kappa shape index (κ1) is 19.5. The van der Waals surface area contributed by atoms with Crippen LogP contribution in [0.3, 0.4) is 0 Å². The molecule has 2 aliphatic rings. The molecule has 27 heavy (non-hydrogen) atoms. The SMILES string of the molecule is CCC(=O)N(Cc1cc2cc3c(cc2[nH]c1=O)OCCO3)C1CCCC1.Cl. The summed E-state index contributed by atoms with van der Waals surface area (Å²) in [7, 11) is 0. The van der Waals surface area contributed by atoms with Gasteiger partial charge in [-0.05, 0) is 25.0 Å². The van der Waals surface area contributed by atoms with Crippen molar-refractivity contribution in [1.29, 1.82) is 0 Å². The van der Waals surface area contributed by atoms with E-state index < -0.39 is 0 Å². The summed E-state index contributed by atoms with van der Waals surface area (Å²) in [5.74, 6) is 1.46. The van der Waals surface area contributed by atoms with Crippen molar-refractivity contribution in [1.82, 2.24) is 9.88 Å². The Balaban J connectivity index is 0.00000210. The van der Waals surface area contributed by atoms with Gasteiger partial charge in [0.15, 0.2) is 11.5 Å². The summed E-state index contributed by atoms with van der Waals surface area (Å²) in [4.78, 5) is 29.9. The zero-order valence-electron chi connectivity index (χ0n) is 15.5. The normalized spacial score (nSPS) is 16.2. The van der Waals surface area contributed by atoms with Crippen molar-refractivity contribution >= 4 is 29.2 Å². The van der Waals surface area contributed by atoms with Crippen molar-refractivity contribution in [3.8, 4) is 11.5 Å². The second-order valence-corrected chi connectivity index (χ2v) is 7.02. The molecule has 2 aromatic rings. The standard InChI is InChI=1S/C20H24N2O4.ClH/c1-2-19(23)22(15-5-3-4-6-15)12-14-9-13-10-17-18(26-8-7-25-17)11-16(13)21-20(14)24;/h9-11,15H,2-8,12H2,1H3,(H,21,24);1H. The molecule has 7 heteroatoms. The third kappa shape index (κ3) is 3.90. The lowest BCUT2D eigenvalue weighted by atomic mass is 10.1. The Kier molecular flexibility index (Phi) is 5.95. The number of nitrogens with one attached hydrogen (secondary N) is 1. The average Bonchev–Trinajstić information content (AvgIpc) is 3.18. The highest BCUT2D eigenvalue weighted by molar-refractivity contribution is 5.85. The number of aromatic nitrogens is 1. The Hall–Kier alpha value is -2.21. The fourth-order valence-corrected chi connectivity index (χ4v) is 3.93. The van der Waals surface area contributed by atoms with Crippen molar-refractivity contribution in [2.24, 2.45) is 0 Å². The molecular weight excluding hydrogens is 368 g/mol. The van der Waals surface area contributed by atoms with Crippen molar-refractivity contribution < 1.29 is 14.3 Å². The van der Waals surface area contributed by atoms with E-state index in [9.17, 15) is 9.59 Å². The highest BCUT2D eigenvalue weighted by Gasteiger charge is 2.26. The Labute approximate surface area is 164 Å². The molecule has 1 aliphatic heterocycles. The van der Waals surface area contributed by atoms with Gasteiger partial charge in [-0.1, -0.05) is 19.8 Å². The van der Waals surface area contributed by atoms with Crippen LogP contribution >= 0.6 is 12.4 Å². The molecule has 4 rings (SSSR count). The zero-order chi connectivity index (χ0) is 18.1. The molecule has 0 radical (unpaired) electrons. The molecule has 1 fully saturated rings. The topological polar surface area (TPSA) is 71.6 Å². The monoisotopic (exact) mass is 392 g/mol.